The second-order valence-electron chi connectivity index (χ2n) is 3.77. The number of aromatic nitrogens is 4. The van der Waals surface area contributed by atoms with E-state index in [9.17, 15) is 4.79 Å². The van der Waals surface area contributed by atoms with E-state index in [2.05, 4.69) is 15.1 Å². The van der Waals surface area contributed by atoms with Crippen LogP contribution in [0.2, 0.25) is 0 Å². The molecule has 76 valence electrons. The van der Waals surface area contributed by atoms with E-state index in [4.69, 9.17) is 0 Å². The van der Waals surface area contributed by atoms with Crippen molar-refractivity contribution in [3.05, 3.63) is 23.3 Å². The highest BCUT2D eigenvalue weighted by Crippen LogP contribution is 2.20. The van der Waals surface area contributed by atoms with E-state index >= 15 is 0 Å². The number of rotatable bonds is 0. The van der Waals surface area contributed by atoms with Gasteiger partial charge in [-0.3, -0.25) is 4.79 Å². The number of aryl methyl sites for hydroxylation is 2. The molecule has 0 atom stereocenters. The molecule has 0 N–H and O–H groups in total. The van der Waals surface area contributed by atoms with E-state index in [0.29, 0.717) is 23.6 Å². The van der Waals surface area contributed by atoms with Crippen LogP contribution >= 0.6 is 0 Å². The number of carbonyl (C=O) groups excluding carboxylic acids is 1. The highest BCUT2D eigenvalue weighted by molar-refractivity contribution is 5.97. The molecule has 2 heterocycles. The lowest BCUT2D eigenvalue weighted by atomic mass is 9.96. The van der Waals surface area contributed by atoms with Crippen molar-refractivity contribution < 1.29 is 4.79 Å². The third-order valence-corrected chi connectivity index (χ3v) is 2.69. The summed E-state index contributed by atoms with van der Waals surface area (Å²) in [4.78, 5) is 19.9. The van der Waals surface area contributed by atoms with Gasteiger partial charge in [-0.05, 0) is 19.8 Å². The van der Waals surface area contributed by atoms with E-state index < -0.39 is 0 Å². The zero-order valence-corrected chi connectivity index (χ0v) is 8.40. The maximum atomic E-state index is 11.6. The SMILES string of the molecule is Cc1nc2ncc3c(n2n1)CCCC3=O. The van der Waals surface area contributed by atoms with Crippen LogP contribution in [0.4, 0.5) is 0 Å². The molecule has 1 aliphatic carbocycles. The second-order valence-corrected chi connectivity index (χ2v) is 3.77. The van der Waals surface area contributed by atoms with Crippen LogP contribution in [-0.2, 0) is 6.42 Å². The molecule has 0 saturated carbocycles. The maximum Gasteiger partial charge on any atom is 0.252 e. The van der Waals surface area contributed by atoms with Gasteiger partial charge in [-0.15, -0.1) is 0 Å². The quantitative estimate of drug-likeness (QED) is 0.638. The van der Waals surface area contributed by atoms with Gasteiger partial charge in [0, 0.05) is 12.6 Å². The summed E-state index contributed by atoms with van der Waals surface area (Å²) in [6, 6.07) is 0. The minimum absolute atomic E-state index is 0.166. The Kier molecular flexibility index (Phi) is 1.62. The molecule has 0 amide bonds. The van der Waals surface area contributed by atoms with Crippen molar-refractivity contribution in [2.45, 2.75) is 26.2 Å². The average Bonchev–Trinajstić information content (AvgIpc) is 2.59. The van der Waals surface area contributed by atoms with Crippen LogP contribution in [0.1, 0.15) is 34.7 Å². The van der Waals surface area contributed by atoms with Gasteiger partial charge in [0.05, 0.1) is 11.3 Å². The zero-order valence-electron chi connectivity index (χ0n) is 8.40. The Morgan fingerprint density at radius 2 is 2.27 bits per heavy atom. The van der Waals surface area contributed by atoms with Crippen LogP contribution in [0.3, 0.4) is 0 Å². The van der Waals surface area contributed by atoms with E-state index in [1.54, 1.807) is 10.7 Å². The van der Waals surface area contributed by atoms with Gasteiger partial charge in [0.2, 0.25) is 0 Å². The normalized spacial score (nSPS) is 15.7. The molecule has 3 rings (SSSR count). The third-order valence-electron chi connectivity index (χ3n) is 2.69. The zero-order chi connectivity index (χ0) is 10.4. The highest BCUT2D eigenvalue weighted by Gasteiger charge is 2.21. The fraction of sp³-hybridized carbons (Fsp3) is 0.400. The van der Waals surface area contributed by atoms with Crippen molar-refractivity contribution in [2.75, 3.05) is 0 Å². The largest absolute Gasteiger partial charge is 0.294 e. The number of nitrogens with zero attached hydrogens (tertiary/aromatic N) is 4. The van der Waals surface area contributed by atoms with Crippen LogP contribution < -0.4 is 0 Å². The van der Waals surface area contributed by atoms with Crippen molar-refractivity contribution in [2.24, 2.45) is 0 Å². The molecule has 0 bridgehead atoms. The first-order valence-electron chi connectivity index (χ1n) is 5.00. The summed E-state index contributed by atoms with van der Waals surface area (Å²) < 4.78 is 1.70. The number of ketones is 1. The first-order valence-corrected chi connectivity index (χ1v) is 5.00. The number of carbonyl (C=O) groups is 1. The fourth-order valence-corrected chi connectivity index (χ4v) is 2.00. The molecule has 2 aromatic rings. The summed E-state index contributed by atoms with van der Waals surface area (Å²) in [5.74, 6) is 1.44. The highest BCUT2D eigenvalue weighted by atomic mass is 16.1. The van der Waals surface area contributed by atoms with Crippen molar-refractivity contribution in [1.29, 1.82) is 0 Å². The van der Waals surface area contributed by atoms with E-state index in [1.807, 2.05) is 6.92 Å². The molecule has 5 heteroatoms. The molecule has 1 aliphatic rings. The van der Waals surface area contributed by atoms with Gasteiger partial charge in [0.1, 0.15) is 5.82 Å². The summed E-state index contributed by atoms with van der Waals surface area (Å²) in [6.07, 6.45) is 4.01. The lowest BCUT2D eigenvalue weighted by Gasteiger charge is -2.13. The van der Waals surface area contributed by atoms with Crippen LogP contribution in [0.15, 0.2) is 6.20 Å². The van der Waals surface area contributed by atoms with Crippen molar-refractivity contribution in [3.8, 4) is 0 Å². The first kappa shape index (κ1) is 8.52. The lowest BCUT2D eigenvalue weighted by Crippen LogP contribution is -2.16. The van der Waals surface area contributed by atoms with Crippen LogP contribution in [-0.4, -0.2) is 25.4 Å². The standard InChI is InChI=1S/C10H10N4O/c1-6-12-10-11-5-7-8(14(10)13-6)3-2-4-9(7)15/h5H,2-4H2,1H3. The Bertz CT molecular complexity index is 558. The van der Waals surface area contributed by atoms with Crippen molar-refractivity contribution in [1.82, 2.24) is 19.6 Å². The van der Waals surface area contributed by atoms with E-state index in [-0.39, 0.29) is 5.78 Å². The Morgan fingerprint density at radius 3 is 3.13 bits per heavy atom. The molecule has 0 fully saturated rings. The molecular weight excluding hydrogens is 192 g/mol. The number of hydrogen-bond acceptors (Lipinski definition) is 4. The van der Waals surface area contributed by atoms with Crippen molar-refractivity contribution in [3.63, 3.8) is 0 Å². The summed E-state index contributed by atoms with van der Waals surface area (Å²) in [5.41, 5.74) is 1.66. The molecule has 0 unspecified atom stereocenters. The molecular formula is C10H10N4O. The van der Waals surface area contributed by atoms with Crippen LogP contribution in [0.25, 0.3) is 5.78 Å². The first-order chi connectivity index (χ1) is 7.25. The van der Waals surface area contributed by atoms with Gasteiger partial charge in [-0.25, -0.2) is 9.50 Å². The molecule has 15 heavy (non-hydrogen) atoms. The average molecular weight is 202 g/mol. The van der Waals surface area contributed by atoms with Crippen LogP contribution in [0.5, 0.6) is 0 Å². The number of fused-ring (bicyclic) bond motifs is 3. The summed E-state index contributed by atoms with van der Waals surface area (Å²) >= 11 is 0. The Labute approximate surface area is 86.2 Å². The van der Waals surface area contributed by atoms with Crippen LogP contribution in [0, 0.1) is 6.92 Å². The predicted molar refractivity (Wildman–Crippen MR) is 52.8 cm³/mol. The molecule has 2 aromatic heterocycles. The fourth-order valence-electron chi connectivity index (χ4n) is 2.00. The molecule has 0 aliphatic heterocycles. The molecule has 5 nitrogen and oxygen atoms in total. The summed E-state index contributed by atoms with van der Waals surface area (Å²) in [6.45, 7) is 1.83. The minimum atomic E-state index is 0.166. The molecule has 0 aromatic carbocycles. The Hall–Kier alpha value is -1.78. The van der Waals surface area contributed by atoms with Crippen molar-refractivity contribution >= 4 is 11.6 Å². The van der Waals surface area contributed by atoms with E-state index in [0.717, 1.165) is 18.5 Å². The second kappa shape index (κ2) is 2.85. The maximum absolute atomic E-state index is 11.6. The minimum Gasteiger partial charge on any atom is -0.294 e. The predicted octanol–water partition coefficient (Wildman–Crippen LogP) is 0.952. The topological polar surface area (TPSA) is 60.1 Å². The van der Waals surface area contributed by atoms with Gasteiger partial charge in [0.25, 0.3) is 5.78 Å². The van der Waals surface area contributed by atoms with Gasteiger partial charge in [0.15, 0.2) is 5.78 Å². The lowest BCUT2D eigenvalue weighted by molar-refractivity contribution is 0.0970. The molecule has 0 radical (unpaired) electrons. The number of Topliss-reactive ketones (excluding diaryl/α,β-unsaturated/α-hetero) is 1. The van der Waals surface area contributed by atoms with E-state index in [1.165, 1.54) is 0 Å². The van der Waals surface area contributed by atoms with Gasteiger partial charge in [-0.2, -0.15) is 10.1 Å². The molecule has 0 spiro atoms. The Morgan fingerprint density at radius 1 is 1.40 bits per heavy atom. The van der Waals surface area contributed by atoms with Gasteiger partial charge >= 0.3 is 0 Å². The third kappa shape index (κ3) is 1.16. The molecule has 0 saturated heterocycles. The smallest absolute Gasteiger partial charge is 0.252 e. The summed E-state index contributed by atoms with van der Waals surface area (Å²) in [7, 11) is 0. The van der Waals surface area contributed by atoms with Gasteiger partial charge in [-0.1, -0.05) is 0 Å². The monoisotopic (exact) mass is 202 g/mol. The number of hydrogen-bond donors (Lipinski definition) is 0. The Balaban J connectivity index is 2.37. The van der Waals surface area contributed by atoms with Gasteiger partial charge < -0.3 is 0 Å². The summed E-state index contributed by atoms with van der Waals surface area (Å²) in [5, 5.41) is 4.25.